The van der Waals surface area contributed by atoms with Crippen molar-refractivity contribution in [1.82, 2.24) is 9.57 Å². The van der Waals surface area contributed by atoms with E-state index < -0.39 is 0 Å². The molecule has 1 unspecified atom stereocenters. The largest absolute Gasteiger partial charge is 0.338 e. The standard InChI is InChI=1S/C11H20BN2OP/c12-6-9-14-10(15)2-1-3-11(14)4-7-13(16)8-5-11/h1-9,16H2. The molecule has 2 aliphatic heterocycles. The number of nitrogens with zero attached hydrogens (tertiary/aromatic N) is 2. The number of piperidine rings is 2. The molecular formula is C11H20BN2OP. The molecule has 0 bridgehead atoms. The van der Waals surface area contributed by atoms with E-state index in [4.69, 9.17) is 7.85 Å². The fourth-order valence-corrected chi connectivity index (χ4v) is 3.31. The Kier molecular flexibility index (Phi) is 3.91. The van der Waals surface area contributed by atoms with Gasteiger partial charge in [0.25, 0.3) is 0 Å². The molecule has 1 atom stereocenters. The molecule has 2 heterocycles. The van der Waals surface area contributed by atoms with Crippen LogP contribution in [0.25, 0.3) is 0 Å². The summed E-state index contributed by atoms with van der Waals surface area (Å²) in [6.45, 7) is 2.87. The minimum Gasteiger partial charge on any atom is -0.338 e. The molecule has 0 saturated carbocycles. The van der Waals surface area contributed by atoms with E-state index in [0.29, 0.717) is 18.6 Å². The second kappa shape index (κ2) is 5.06. The van der Waals surface area contributed by atoms with Crippen molar-refractivity contribution in [2.75, 3.05) is 19.6 Å². The number of amides is 1. The highest BCUT2D eigenvalue weighted by Gasteiger charge is 2.43. The Labute approximate surface area is 102 Å². The maximum Gasteiger partial charge on any atom is 0.223 e. The van der Waals surface area contributed by atoms with E-state index in [2.05, 4.69) is 19.0 Å². The minimum atomic E-state index is 0.127. The van der Waals surface area contributed by atoms with Crippen molar-refractivity contribution in [3.63, 3.8) is 0 Å². The van der Waals surface area contributed by atoms with E-state index in [0.717, 1.165) is 45.3 Å². The Bertz CT molecular complexity index is 267. The van der Waals surface area contributed by atoms with Gasteiger partial charge in [0.15, 0.2) is 0 Å². The Hall–Kier alpha value is -0.0751. The van der Waals surface area contributed by atoms with E-state index in [1.165, 1.54) is 0 Å². The van der Waals surface area contributed by atoms with Crippen LogP contribution in [-0.4, -0.2) is 48.5 Å². The van der Waals surface area contributed by atoms with Gasteiger partial charge in [0.05, 0.1) is 7.85 Å². The van der Waals surface area contributed by atoms with Crippen LogP contribution in [0.15, 0.2) is 0 Å². The molecule has 2 aliphatic rings. The van der Waals surface area contributed by atoms with Gasteiger partial charge in [-0.15, -0.1) is 0 Å². The van der Waals surface area contributed by atoms with E-state index in [1.807, 2.05) is 0 Å². The van der Waals surface area contributed by atoms with Crippen molar-refractivity contribution in [2.24, 2.45) is 0 Å². The molecule has 0 aromatic carbocycles. The average Bonchev–Trinajstić information content (AvgIpc) is 2.28. The molecule has 0 aromatic heterocycles. The van der Waals surface area contributed by atoms with Crippen LogP contribution in [0.1, 0.15) is 32.1 Å². The average molecular weight is 238 g/mol. The molecule has 0 aliphatic carbocycles. The molecule has 16 heavy (non-hydrogen) atoms. The van der Waals surface area contributed by atoms with Crippen molar-refractivity contribution in [3.8, 4) is 0 Å². The summed E-state index contributed by atoms with van der Waals surface area (Å²) in [5, 5.41) is 0. The molecule has 1 amide bonds. The van der Waals surface area contributed by atoms with Gasteiger partial charge in [-0.2, -0.15) is 0 Å². The van der Waals surface area contributed by atoms with Crippen molar-refractivity contribution >= 4 is 23.1 Å². The van der Waals surface area contributed by atoms with Crippen LogP contribution in [-0.2, 0) is 4.79 Å². The predicted molar refractivity (Wildman–Crippen MR) is 69.4 cm³/mol. The molecule has 2 rings (SSSR count). The Balaban J connectivity index is 2.12. The fourth-order valence-electron chi connectivity index (χ4n) is 3.05. The molecule has 0 aromatic rings. The zero-order chi connectivity index (χ0) is 11.6. The zero-order valence-corrected chi connectivity index (χ0v) is 11.0. The highest BCUT2D eigenvalue weighted by atomic mass is 31.0. The predicted octanol–water partition coefficient (Wildman–Crippen LogP) is 1.21. The maximum atomic E-state index is 12.0. The Morgan fingerprint density at radius 1 is 1.31 bits per heavy atom. The van der Waals surface area contributed by atoms with Crippen molar-refractivity contribution in [2.45, 2.75) is 44.0 Å². The van der Waals surface area contributed by atoms with Crippen molar-refractivity contribution in [3.05, 3.63) is 0 Å². The summed E-state index contributed by atoms with van der Waals surface area (Å²) in [5.74, 6) is 0.314. The van der Waals surface area contributed by atoms with Crippen LogP contribution >= 0.6 is 9.39 Å². The van der Waals surface area contributed by atoms with E-state index in [-0.39, 0.29) is 5.54 Å². The summed E-state index contributed by atoms with van der Waals surface area (Å²) in [5.41, 5.74) is 0.127. The number of hydrogen-bond acceptors (Lipinski definition) is 2. The SMILES string of the molecule is [B]CCN1C(=O)CCCC12CCN(P)CC2. The quantitative estimate of drug-likeness (QED) is 0.533. The lowest BCUT2D eigenvalue weighted by molar-refractivity contribution is -0.143. The molecule has 0 N–H and O–H groups in total. The summed E-state index contributed by atoms with van der Waals surface area (Å²) in [6, 6.07) is 0. The smallest absolute Gasteiger partial charge is 0.223 e. The van der Waals surface area contributed by atoms with Gasteiger partial charge in [-0.3, -0.25) is 9.46 Å². The van der Waals surface area contributed by atoms with E-state index in [9.17, 15) is 4.79 Å². The van der Waals surface area contributed by atoms with E-state index in [1.54, 1.807) is 0 Å². The Morgan fingerprint density at radius 3 is 2.62 bits per heavy atom. The topological polar surface area (TPSA) is 23.6 Å². The first kappa shape index (κ1) is 12.4. The third-order valence-corrected chi connectivity index (χ3v) is 4.50. The van der Waals surface area contributed by atoms with Gasteiger partial charge >= 0.3 is 0 Å². The third-order valence-electron chi connectivity index (χ3n) is 3.99. The second-order valence-corrected chi connectivity index (χ2v) is 5.68. The molecule has 3 nitrogen and oxygen atoms in total. The van der Waals surface area contributed by atoms with Crippen LogP contribution < -0.4 is 0 Å². The van der Waals surface area contributed by atoms with Crippen molar-refractivity contribution < 1.29 is 4.79 Å². The molecule has 5 heteroatoms. The molecule has 1 spiro atoms. The minimum absolute atomic E-state index is 0.127. The first-order valence-corrected chi connectivity index (χ1v) is 6.70. The summed E-state index contributed by atoms with van der Waals surface area (Å²) in [7, 11) is 8.39. The second-order valence-electron chi connectivity index (χ2n) is 4.95. The zero-order valence-electron chi connectivity index (χ0n) is 9.82. The summed E-state index contributed by atoms with van der Waals surface area (Å²) in [4.78, 5) is 14.1. The fraction of sp³-hybridized carbons (Fsp3) is 0.909. The van der Waals surface area contributed by atoms with Gasteiger partial charge < -0.3 is 4.90 Å². The summed E-state index contributed by atoms with van der Waals surface area (Å²) < 4.78 is 2.27. The van der Waals surface area contributed by atoms with Gasteiger partial charge in [-0.05, 0) is 25.7 Å². The number of carbonyl (C=O) groups is 1. The highest BCUT2D eigenvalue weighted by molar-refractivity contribution is 7.13. The lowest BCUT2D eigenvalue weighted by Crippen LogP contribution is -2.58. The monoisotopic (exact) mass is 238 g/mol. The van der Waals surface area contributed by atoms with Gasteiger partial charge in [0.2, 0.25) is 5.91 Å². The van der Waals surface area contributed by atoms with Crippen LogP contribution in [0.4, 0.5) is 0 Å². The van der Waals surface area contributed by atoms with Gasteiger partial charge in [-0.1, -0.05) is 15.7 Å². The molecule has 2 fully saturated rings. The highest BCUT2D eigenvalue weighted by Crippen LogP contribution is 2.38. The number of rotatable bonds is 2. The lowest BCUT2D eigenvalue weighted by Gasteiger charge is -2.51. The van der Waals surface area contributed by atoms with Gasteiger partial charge in [0, 0.05) is 31.6 Å². The first-order valence-electron chi connectivity index (χ1n) is 6.18. The normalized spacial score (nSPS) is 26.3. The maximum absolute atomic E-state index is 12.0. The Morgan fingerprint density at radius 2 is 2.00 bits per heavy atom. The number of hydrogen-bond donors (Lipinski definition) is 0. The van der Waals surface area contributed by atoms with E-state index >= 15 is 0 Å². The number of likely N-dealkylation sites (tertiary alicyclic amines) is 1. The molecular weight excluding hydrogens is 218 g/mol. The van der Waals surface area contributed by atoms with Gasteiger partial charge in [-0.25, -0.2) is 0 Å². The first-order chi connectivity index (χ1) is 7.68. The van der Waals surface area contributed by atoms with Crippen LogP contribution in [0.5, 0.6) is 0 Å². The number of carbonyl (C=O) groups excluding carboxylic acids is 1. The van der Waals surface area contributed by atoms with Crippen LogP contribution in [0.2, 0.25) is 6.32 Å². The van der Waals surface area contributed by atoms with Crippen LogP contribution in [0.3, 0.4) is 0 Å². The summed E-state index contributed by atoms with van der Waals surface area (Å²) >= 11 is 0. The molecule has 2 radical (unpaired) electrons. The van der Waals surface area contributed by atoms with Crippen LogP contribution in [0, 0.1) is 0 Å². The van der Waals surface area contributed by atoms with Gasteiger partial charge in [0.1, 0.15) is 0 Å². The summed E-state index contributed by atoms with van der Waals surface area (Å²) in [6.07, 6.45) is 5.71. The lowest BCUT2D eigenvalue weighted by atomic mass is 9.78. The molecule has 2 saturated heterocycles. The third kappa shape index (κ3) is 2.28. The molecule has 88 valence electrons. The van der Waals surface area contributed by atoms with Crippen molar-refractivity contribution in [1.29, 1.82) is 0 Å².